The molecule has 112 valence electrons. The third kappa shape index (κ3) is 3.20. The lowest BCUT2D eigenvalue weighted by molar-refractivity contribution is -0.143. The second-order valence-electron chi connectivity index (χ2n) is 5.47. The summed E-state index contributed by atoms with van der Waals surface area (Å²) in [5, 5.41) is 8.95. The monoisotopic (exact) mass is 283 g/mol. The molecular weight excluding hydrogens is 262 g/mol. The van der Waals surface area contributed by atoms with Gasteiger partial charge in [-0.3, -0.25) is 9.59 Å². The highest BCUT2D eigenvalue weighted by molar-refractivity contribution is 5.84. The normalized spacial score (nSPS) is 21.9. The predicted molar refractivity (Wildman–Crippen MR) is 71.2 cm³/mol. The minimum Gasteiger partial charge on any atom is -0.481 e. The fraction of sp³-hybridized carbons (Fsp3) is 0.769. The van der Waals surface area contributed by atoms with Crippen LogP contribution < -0.4 is 0 Å². The molecule has 2 heterocycles. The molecule has 0 aromatic rings. The average molecular weight is 283 g/mol. The van der Waals surface area contributed by atoms with E-state index in [1.807, 2.05) is 0 Å². The van der Waals surface area contributed by atoms with Gasteiger partial charge < -0.3 is 19.8 Å². The first-order chi connectivity index (χ1) is 9.49. The number of carbonyl (C=O) groups is 3. The highest BCUT2D eigenvalue weighted by Gasteiger charge is 2.31. The molecule has 7 heteroatoms. The van der Waals surface area contributed by atoms with Crippen LogP contribution >= 0.6 is 0 Å². The maximum absolute atomic E-state index is 12.4. The van der Waals surface area contributed by atoms with Crippen LogP contribution in [-0.4, -0.2) is 77.5 Å². The second kappa shape index (κ2) is 6.11. The smallest absolute Gasteiger partial charge is 0.320 e. The molecule has 20 heavy (non-hydrogen) atoms. The van der Waals surface area contributed by atoms with Gasteiger partial charge in [0.2, 0.25) is 5.91 Å². The van der Waals surface area contributed by atoms with Crippen LogP contribution in [0.5, 0.6) is 0 Å². The fourth-order valence-electron chi connectivity index (χ4n) is 2.67. The second-order valence-corrected chi connectivity index (χ2v) is 5.47. The first-order valence-electron chi connectivity index (χ1n) is 6.99. The van der Waals surface area contributed by atoms with E-state index in [2.05, 4.69) is 0 Å². The number of amides is 3. The Labute approximate surface area is 118 Å². The molecule has 2 rings (SSSR count). The number of likely N-dealkylation sites (tertiary alicyclic amines) is 1. The van der Waals surface area contributed by atoms with E-state index in [1.54, 1.807) is 21.7 Å². The van der Waals surface area contributed by atoms with Crippen molar-refractivity contribution in [2.24, 2.45) is 5.92 Å². The lowest BCUT2D eigenvalue weighted by atomic mass is 9.97. The Morgan fingerprint density at radius 1 is 1.10 bits per heavy atom. The van der Waals surface area contributed by atoms with Gasteiger partial charge in [-0.25, -0.2) is 4.79 Å². The zero-order valence-electron chi connectivity index (χ0n) is 11.7. The van der Waals surface area contributed by atoms with Crippen LogP contribution in [0.15, 0.2) is 0 Å². The van der Waals surface area contributed by atoms with Gasteiger partial charge in [-0.2, -0.15) is 0 Å². The number of piperidine rings is 1. The van der Waals surface area contributed by atoms with Crippen LogP contribution in [0.3, 0.4) is 0 Å². The number of likely N-dealkylation sites (N-methyl/N-ethyl adjacent to an activating group) is 1. The Hall–Kier alpha value is -1.79. The number of hydrogen-bond donors (Lipinski definition) is 1. The minimum absolute atomic E-state index is 0.0451. The molecule has 0 bridgehead atoms. The molecule has 2 saturated heterocycles. The van der Waals surface area contributed by atoms with E-state index >= 15 is 0 Å². The van der Waals surface area contributed by atoms with Crippen molar-refractivity contribution < 1.29 is 19.5 Å². The molecule has 2 aliphatic heterocycles. The summed E-state index contributed by atoms with van der Waals surface area (Å²) in [5.74, 6) is -1.18. The van der Waals surface area contributed by atoms with Crippen LogP contribution in [0.2, 0.25) is 0 Å². The fourth-order valence-corrected chi connectivity index (χ4v) is 2.67. The molecular formula is C13H21N3O4. The van der Waals surface area contributed by atoms with Crippen molar-refractivity contribution in [3.63, 3.8) is 0 Å². The Kier molecular flexibility index (Phi) is 4.46. The third-order valence-corrected chi connectivity index (χ3v) is 4.06. The van der Waals surface area contributed by atoms with E-state index in [4.69, 9.17) is 5.11 Å². The topological polar surface area (TPSA) is 81.2 Å². The summed E-state index contributed by atoms with van der Waals surface area (Å²) >= 11 is 0. The van der Waals surface area contributed by atoms with Gasteiger partial charge in [0.05, 0.1) is 5.92 Å². The van der Waals surface area contributed by atoms with Crippen molar-refractivity contribution in [1.82, 2.24) is 14.7 Å². The van der Waals surface area contributed by atoms with Gasteiger partial charge >= 0.3 is 12.0 Å². The first kappa shape index (κ1) is 14.6. The number of rotatable bonds is 1. The summed E-state index contributed by atoms with van der Waals surface area (Å²) in [6.07, 6.45) is 1.76. The van der Waals surface area contributed by atoms with Crippen molar-refractivity contribution in [2.45, 2.75) is 19.3 Å². The van der Waals surface area contributed by atoms with Gasteiger partial charge in [-0.05, 0) is 19.3 Å². The minimum atomic E-state index is -0.788. The Bertz CT molecular complexity index is 404. The van der Waals surface area contributed by atoms with Gasteiger partial charge in [-0.1, -0.05) is 0 Å². The lowest BCUT2D eigenvalue weighted by Crippen LogP contribution is -2.49. The number of carboxylic acid groups (broad SMARTS) is 1. The number of aliphatic carboxylic acids is 1. The van der Waals surface area contributed by atoms with E-state index in [0.717, 1.165) is 6.42 Å². The Morgan fingerprint density at radius 2 is 1.75 bits per heavy atom. The summed E-state index contributed by atoms with van der Waals surface area (Å²) in [6.45, 7) is 2.28. The maximum Gasteiger partial charge on any atom is 0.320 e. The van der Waals surface area contributed by atoms with Gasteiger partial charge in [0, 0.05) is 33.2 Å². The summed E-state index contributed by atoms with van der Waals surface area (Å²) in [7, 11) is 1.74. The van der Waals surface area contributed by atoms with Crippen LogP contribution in [0, 0.1) is 5.92 Å². The number of urea groups is 1. The molecule has 2 aliphatic rings. The summed E-state index contributed by atoms with van der Waals surface area (Å²) in [5.41, 5.74) is 0. The molecule has 0 aromatic heterocycles. The highest BCUT2D eigenvalue weighted by Crippen LogP contribution is 2.19. The van der Waals surface area contributed by atoms with Crippen LogP contribution in [-0.2, 0) is 9.59 Å². The molecule has 0 spiro atoms. The van der Waals surface area contributed by atoms with Crippen molar-refractivity contribution in [3.05, 3.63) is 0 Å². The lowest BCUT2D eigenvalue weighted by Gasteiger charge is -2.34. The number of nitrogens with zero attached hydrogens (tertiary/aromatic N) is 3. The number of hydrogen-bond acceptors (Lipinski definition) is 3. The third-order valence-electron chi connectivity index (χ3n) is 4.06. The van der Waals surface area contributed by atoms with Crippen LogP contribution in [0.1, 0.15) is 19.3 Å². The van der Waals surface area contributed by atoms with Crippen LogP contribution in [0.4, 0.5) is 4.79 Å². The van der Waals surface area contributed by atoms with Gasteiger partial charge in [-0.15, -0.1) is 0 Å². The van der Waals surface area contributed by atoms with Crippen molar-refractivity contribution in [3.8, 4) is 0 Å². The zero-order valence-corrected chi connectivity index (χ0v) is 11.7. The summed E-state index contributed by atoms with van der Waals surface area (Å²) in [6, 6.07) is -0.141. The SMILES string of the molecule is CN1CCCN(C(=O)N2CCC(C(=O)O)CC2)CC1=O. The number of carboxylic acids is 1. The average Bonchev–Trinajstić information content (AvgIpc) is 2.60. The number of carbonyl (C=O) groups excluding carboxylic acids is 2. The van der Waals surface area contributed by atoms with Crippen molar-refractivity contribution in [2.75, 3.05) is 39.8 Å². The Balaban J connectivity index is 1.91. The van der Waals surface area contributed by atoms with Gasteiger partial charge in [0.25, 0.3) is 0 Å². The summed E-state index contributed by atoms with van der Waals surface area (Å²) < 4.78 is 0. The van der Waals surface area contributed by atoms with Crippen LogP contribution in [0.25, 0.3) is 0 Å². The zero-order chi connectivity index (χ0) is 14.7. The molecule has 0 aromatic carbocycles. The molecule has 0 unspecified atom stereocenters. The molecule has 7 nitrogen and oxygen atoms in total. The van der Waals surface area contributed by atoms with E-state index in [-0.39, 0.29) is 24.4 Å². The molecule has 3 amide bonds. The quantitative estimate of drug-likeness (QED) is 0.738. The van der Waals surface area contributed by atoms with E-state index in [0.29, 0.717) is 39.0 Å². The first-order valence-corrected chi connectivity index (χ1v) is 6.99. The molecule has 0 radical (unpaired) electrons. The van der Waals surface area contributed by atoms with E-state index < -0.39 is 5.97 Å². The molecule has 1 N–H and O–H groups in total. The predicted octanol–water partition coefficient (Wildman–Crippen LogP) is 0.0671. The van der Waals surface area contributed by atoms with E-state index in [9.17, 15) is 14.4 Å². The highest BCUT2D eigenvalue weighted by atomic mass is 16.4. The van der Waals surface area contributed by atoms with Gasteiger partial charge in [0.15, 0.2) is 0 Å². The molecule has 2 fully saturated rings. The van der Waals surface area contributed by atoms with E-state index in [1.165, 1.54) is 0 Å². The van der Waals surface area contributed by atoms with Crippen molar-refractivity contribution >= 4 is 17.9 Å². The largest absolute Gasteiger partial charge is 0.481 e. The van der Waals surface area contributed by atoms with Gasteiger partial charge in [0.1, 0.15) is 6.54 Å². The molecule has 0 aliphatic carbocycles. The molecule has 0 saturated carbocycles. The summed E-state index contributed by atoms with van der Waals surface area (Å²) in [4.78, 5) is 39.9. The standard InChI is InChI=1S/C13H21N3O4/c1-14-5-2-6-16(9-11(14)17)13(20)15-7-3-10(4-8-15)12(18)19/h10H,2-9H2,1H3,(H,18,19). The maximum atomic E-state index is 12.4. The molecule has 0 atom stereocenters. The Morgan fingerprint density at radius 3 is 2.35 bits per heavy atom. The van der Waals surface area contributed by atoms with Crippen molar-refractivity contribution in [1.29, 1.82) is 0 Å².